The van der Waals surface area contributed by atoms with Crippen LogP contribution in [0.25, 0.3) is 0 Å². The summed E-state index contributed by atoms with van der Waals surface area (Å²) in [5.41, 5.74) is -0.707. The van der Waals surface area contributed by atoms with Crippen molar-refractivity contribution in [2.75, 3.05) is 26.3 Å². The number of carbonyl (C=O) groups excluding carboxylic acids is 1. The molecule has 2 aliphatic rings. The summed E-state index contributed by atoms with van der Waals surface area (Å²) in [6, 6.07) is -0.185. The van der Waals surface area contributed by atoms with Crippen molar-refractivity contribution < 1.29 is 14.6 Å². The molecule has 2 fully saturated rings. The molecule has 0 radical (unpaired) electrons. The Morgan fingerprint density at radius 3 is 2.52 bits per heavy atom. The lowest BCUT2D eigenvalue weighted by molar-refractivity contribution is 0.0276. The van der Waals surface area contributed by atoms with Gasteiger partial charge in [-0.3, -0.25) is 0 Å². The molecule has 0 heterocycles. The Bertz CT molecular complexity index is 311. The molecule has 0 bridgehead atoms. The molecule has 0 aliphatic heterocycles. The van der Waals surface area contributed by atoms with Gasteiger partial charge in [0.25, 0.3) is 0 Å². The minimum atomic E-state index is -0.707. The fourth-order valence-electron chi connectivity index (χ4n) is 2.78. The maximum absolute atomic E-state index is 11.7. The van der Waals surface area contributed by atoms with Crippen molar-refractivity contribution in [1.29, 1.82) is 0 Å². The average Bonchev–Trinajstić information content (AvgIpc) is 3.29. The van der Waals surface area contributed by atoms with Crippen LogP contribution in [-0.4, -0.2) is 43.0 Å². The topological polar surface area (TPSA) is 70.6 Å². The molecule has 0 saturated heterocycles. The number of urea groups is 1. The standard InChI is InChI=1S/C16H30N2O3/c19-15(17-10-5-11-21-12-14-6-7-14)18-13-16(20)8-3-1-2-4-9-16/h14,20H,1-13H2,(H2,17,18,19). The van der Waals surface area contributed by atoms with E-state index in [9.17, 15) is 9.90 Å². The molecule has 0 atom stereocenters. The van der Waals surface area contributed by atoms with Crippen LogP contribution in [0.15, 0.2) is 0 Å². The Hall–Kier alpha value is -0.810. The van der Waals surface area contributed by atoms with Gasteiger partial charge in [-0.15, -0.1) is 0 Å². The van der Waals surface area contributed by atoms with Gasteiger partial charge in [0.15, 0.2) is 0 Å². The summed E-state index contributed by atoms with van der Waals surface area (Å²) in [5, 5.41) is 16.1. The molecule has 5 nitrogen and oxygen atoms in total. The monoisotopic (exact) mass is 298 g/mol. The van der Waals surface area contributed by atoms with Gasteiger partial charge in [0.1, 0.15) is 0 Å². The summed E-state index contributed by atoms with van der Waals surface area (Å²) in [5.74, 6) is 0.793. The summed E-state index contributed by atoms with van der Waals surface area (Å²) >= 11 is 0. The summed E-state index contributed by atoms with van der Waals surface area (Å²) < 4.78 is 5.51. The minimum Gasteiger partial charge on any atom is -0.388 e. The third kappa shape index (κ3) is 7.14. The van der Waals surface area contributed by atoms with Crippen molar-refractivity contribution in [3.63, 3.8) is 0 Å². The molecule has 21 heavy (non-hydrogen) atoms. The van der Waals surface area contributed by atoms with E-state index in [1.165, 1.54) is 25.7 Å². The lowest BCUT2D eigenvalue weighted by Gasteiger charge is -2.26. The third-order valence-electron chi connectivity index (χ3n) is 4.41. The number of hydrogen-bond acceptors (Lipinski definition) is 3. The molecule has 5 heteroatoms. The second-order valence-electron chi connectivity index (χ2n) is 6.62. The Balaban J connectivity index is 1.48. The highest BCUT2D eigenvalue weighted by molar-refractivity contribution is 5.73. The quantitative estimate of drug-likeness (QED) is 0.475. The van der Waals surface area contributed by atoms with Gasteiger partial charge in [0.2, 0.25) is 0 Å². The lowest BCUT2D eigenvalue weighted by atomic mass is 9.95. The van der Waals surface area contributed by atoms with Gasteiger partial charge in [-0.1, -0.05) is 25.7 Å². The smallest absolute Gasteiger partial charge is 0.314 e. The van der Waals surface area contributed by atoms with Crippen LogP contribution >= 0.6 is 0 Å². The van der Waals surface area contributed by atoms with Crippen LogP contribution in [0.2, 0.25) is 0 Å². The molecule has 2 aliphatic carbocycles. The predicted octanol–water partition coefficient (Wildman–Crippen LogP) is 2.19. The summed E-state index contributed by atoms with van der Waals surface area (Å²) in [6.45, 7) is 2.56. The van der Waals surface area contributed by atoms with Gasteiger partial charge in [0.05, 0.1) is 5.60 Å². The zero-order chi connectivity index (χ0) is 15.0. The highest BCUT2D eigenvalue weighted by Crippen LogP contribution is 2.28. The first-order valence-corrected chi connectivity index (χ1v) is 8.50. The molecule has 2 saturated carbocycles. The second kappa shape index (κ2) is 8.59. The number of aliphatic hydroxyl groups is 1. The zero-order valence-electron chi connectivity index (χ0n) is 13.0. The normalized spacial score (nSPS) is 21.6. The van der Waals surface area contributed by atoms with Gasteiger partial charge in [-0.05, 0) is 38.0 Å². The van der Waals surface area contributed by atoms with Gasteiger partial charge in [-0.2, -0.15) is 0 Å². The van der Waals surface area contributed by atoms with Crippen LogP contribution in [0.3, 0.4) is 0 Å². The first kappa shape index (κ1) is 16.6. The number of carbonyl (C=O) groups is 1. The van der Waals surface area contributed by atoms with Gasteiger partial charge in [-0.25, -0.2) is 4.79 Å². The van der Waals surface area contributed by atoms with E-state index in [2.05, 4.69) is 10.6 Å². The van der Waals surface area contributed by atoms with E-state index >= 15 is 0 Å². The van der Waals surface area contributed by atoms with E-state index in [1.807, 2.05) is 0 Å². The maximum atomic E-state index is 11.7. The fraction of sp³-hybridized carbons (Fsp3) is 0.938. The summed E-state index contributed by atoms with van der Waals surface area (Å²) in [6.07, 6.45) is 9.53. The number of hydrogen-bond donors (Lipinski definition) is 3. The lowest BCUT2D eigenvalue weighted by Crippen LogP contribution is -2.46. The Kier molecular flexibility index (Phi) is 6.77. The van der Waals surface area contributed by atoms with Crippen LogP contribution in [0.4, 0.5) is 4.79 Å². The molecule has 0 unspecified atom stereocenters. The predicted molar refractivity (Wildman–Crippen MR) is 82.2 cm³/mol. The largest absolute Gasteiger partial charge is 0.388 e. The number of rotatable bonds is 8. The van der Waals surface area contributed by atoms with Gasteiger partial charge >= 0.3 is 6.03 Å². The van der Waals surface area contributed by atoms with E-state index in [4.69, 9.17) is 4.74 Å². The molecule has 122 valence electrons. The van der Waals surface area contributed by atoms with Gasteiger partial charge in [0, 0.05) is 26.3 Å². The van der Waals surface area contributed by atoms with E-state index < -0.39 is 5.60 Å². The molecule has 2 rings (SSSR count). The Morgan fingerprint density at radius 2 is 1.86 bits per heavy atom. The Labute approximate surface area is 127 Å². The fourth-order valence-corrected chi connectivity index (χ4v) is 2.78. The molecule has 0 spiro atoms. The van der Waals surface area contributed by atoms with E-state index in [0.717, 1.165) is 44.6 Å². The number of nitrogens with one attached hydrogen (secondary N) is 2. The minimum absolute atomic E-state index is 0.185. The maximum Gasteiger partial charge on any atom is 0.314 e. The first-order chi connectivity index (χ1) is 10.2. The van der Waals surface area contributed by atoms with E-state index in [1.54, 1.807) is 0 Å². The van der Waals surface area contributed by atoms with Gasteiger partial charge < -0.3 is 20.5 Å². The molecule has 0 aromatic heterocycles. The van der Waals surface area contributed by atoms with Crippen LogP contribution in [0, 0.1) is 5.92 Å². The molecule has 2 amide bonds. The van der Waals surface area contributed by atoms with Crippen molar-refractivity contribution in [1.82, 2.24) is 10.6 Å². The second-order valence-corrected chi connectivity index (χ2v) is 6.62. The van der Waals surface area contributed by atoms with Crippen molar-refractivity contribution in [3.05, 3.63) is 0 Å². The third-order valence-corrected chi connectivity index (χ3v) is 4.41. The van der Waals surface area contributed by atoms with Crippen LogP contribution in [0.1, 0.15) is 57.8 Å². The van der Waals surface area contributed by atoms with Crippen molar-refractivity contribution in [2.45, 2.75) is 63.4 Å². The van der Waals surface area contributed by atoms with E-state index in [0.29, 0.717) is 19.7 Å². The van der Waals surface area contributed by atoms with E-state index in [-0.39, 0.29) is 6.03 Å². The van der Waals surface area contributed by atoms with Crippen LogP contribution in [-0.2, 0) is 4.74 Å². The first-order valence-electron chi connectivity index (χ1n) is 8.50. The van der Waals surface area contributed by atoms with Crippen molar-refractivity contribution in [2.24, 2.45) is 5.92 Å². The van der Waals surface area contributed by atoms with Crippen LogP contribution in [0.5, 0.6) is 0 Å². The summed E-state index contributed by atoms with van der Waals surface area (Å²) in [7, 11) is 0. The highest BCUT2D eigenvalue weighted by Gasteiger charge is 2.28. The number of ether oxygens (including phenoxy) is 1. The molecule has 0 aromatic carbocycles. The van der Waals surface area contributed by atoms with Crippen molar-refractivity contribution in [3.8, 4) is 0 Å². The number of amides is 2. The summed E-state index contributed by atoms with van der Waals surface area (Å²) in [4.78, 5) is 11.7. The molecule has 3 N–H and O–H groups in total. The highest BCUT2D eigenvalue weighted by atomic mass is 16.5. The average molecular weight is 298 g/mol. The molecule has 0 aromatic rings. The molecular formula is C16H30N2O3. The van der Waals surface area contributed by atoms with Crippen LogP contribution < -0.4 is 10.6 Å². The molecular weight excluding hydrogens is 268 g/mol. The Morgan fingerprint density at radius 1 is 1.14 bits per heavy atom. The SMILES string of the molecule is O=C(NCCCOCC1CC1)NCC1(O)CCCCCC1. The van der Waals surface area contributed by atoms with Crippen molar-refractivity contribution >= 4 is 6.03 Å². The zero-order valence-corrected chi connectivity index (χ0v) is 13.0.